The molecule has 0 bridgehead atoms. The summed E-state index contributed by atoms with van der Waals surface area (Å²) < 4.78 is 10.7. The molecule has 2 N–H and O–H groups in total. The second kappa shape index (κ2) is 7.01. The highest BCUT2D eigenvalue weighted by Gasteiger charge is 2.32. The predicted octanol–water partition coefficient (Wildman–Crippen LogP) is 3.80. The van der Waals surface area contributed by atoms with Gasteiger partial charge in [-0.3, -0.25) is 0 Å². The fourth-order valence-electron chi connectivity index (χ4n) is 3.80. The average Bonchev–Trinajstić information content (AvgIpc) is 3.28. The van der Waals surface area contributed by atoms with Crippen molar-refractivity contribution in [3.63, 3.8) is 0 Å². The fourth-order valence-corrected chi connectivity index (χ4v) is 3.80. The Bertz CT molecular complexity index is 566. The molecule has 1 saturated heterocycles. The van der Waals surface area contributed by atoms with E-state index < -0.39 is 0 Å². The van der Waals surface area contributed by atoms with E-state index in [1.165, 1.54) is 6.42 Å². The van der Waals surface area contributed by atoms with E-state index >= 15 is 0 Å². The molecule has 2 aliphatic rings. The molecule has 2 amide bonds. The first-order valence-electron chi connectivity index (χ1n) is 8.82. The van der Waals surface area contributed by atoms with Crippen molar-refractivity contribution in [2.75, 3.05) is 18.5 Å². The van der Waals surface area contributed by atoms with Gasteiger partial charge in [-0.1, -0.05) is 20.8 Å². The third-order valence-corrected chi connectivity index (χ3v) is 4.67. The van der Waals surface area contributed by atoms with E-state index in [9.17, 15) is 4.79 Å². The van der Waals surface area contributed by atoms with Crippen molar-refractivity contribution >= 4 is 11.7 Å². The average molecular weight is 332 g/mol. The highest BCUT2D eigenvalue weighted by atomic mass is 16.6. The van der Waals surface area contributed by atoms with Gasteiger partial charge in [0, 0.05) is 11.7 Å². The van der Waals surface area contributed by atoms with Crippen LogP contribution >= 0.6 is 0 Å². The summed E-state index contributed by atoms with van der Waals surface area (Å²) in [7, 11) is 0. The first-order chi connectivity index (χ1) is 11.4. The van der Waals surface area contributed by atoms with Crippen molar-refractivity contribution in [3.8, 4) is 5.75 Å². The molecule has 0 aromatic heterocycles. The third-order valence-electron chi connectivity index (χ3n) is 4.67. The second-order valence-electron chi connectivity index (χ2n) is 8.00. The summed E-state index contributed by atoms with van der Waals surface area (Å²) in [4.78, 5) is 12.2. The standard InChI is InChI=1S/C19H28N2O3/c1-13-8-15(10-19(2,3)9-13)21-18(22)20-14-4-6-16(7-5-14)23-11-17-12-24-17/h4-7,13,15,17H,8-12H2,1-3H3,(H2,20,21,22). The molecule has 3 atom stereocenters. The number of hydrogen-bond donors (Lipinski definition) is 2. The van der Waals surface area contributed by atoms with E-state index in [4.69, 9.17) is 9.47 Å². The van der Waals surface area contributed by atoms with Crippen LogP contribution in [-0.2, 0) is 4.74 Å². The minimum absolute atomic E-state index is 0.134. The van der Waals surface area contributed by atoms with Gasteiger partial charge in [0.05, 0.1) is 6.61 Å². The summed E-state index contributed by atoms with van der Waals surface area (Å²) in [6.07, 6.45) is 3.55. The molecule has 0 radical (unpaired) electrons. The van der Waals surface area contributed by atoms with Crippen LogP contribution < -0.4 is 15.4 Å². The minimum atomic E-state index is -0.134. The molecule has 0 spiro atoms. The Labute approximate surface area is 144 Å². The Morgan fingerprint density at radius 1 is 1.29 bits per heavy atom. The number of amides is 2. The highest BCUT2D eigenvalue weighted by molar-refractivity contribution is 5.89. The van der Waals surface area contributed by atoms with Gasteiger partial charge in [-0.25, -0.2) is 4.79 Å². The van der Waals surface area contributed by atoms with Crippen LogP contribution in [0.15, 0.2) is 24.3 Å². The molecule has 1 aromatic rings. The zero-order valence-corrected chi connectivity index (χ0v) is 14.8. The monoisotopic (exact) mass is 332 g/mol. The lowest BCUT2D eigenvalue weighted by Gasteiger charge is -2.39. The second-order valence-corrected chi connectivity index (χ2v) is 8.00. The molecule has 1 aliphatic heterocycles. The summed E-state index contributed by atoms with van der Waals surface area (Å²) in [5, 5.41) is 6.02. The number of carbonyl (C=O) groups is 1. The van der Waals surface area contributed by atoms with Gasteiger partial charge in [0.2, 0.25) is 0 Å². The summed E-state index contributed by atoms with van der Waals surface area (Å²) in [6, 6.07) is 7.55. The lowest BCUT2D eigenvalue weighted by molar-refractivity contribution is 0.154. The Morgan fingerprint density at radius 2 is 2.00 bits per heavy atom. The van der Waals surface area contributed by atoms with Gasteiger partial charge >= 0.3 is 6.03 Å². The number of epoxide rings is 1. The lowest BCUT2D eigenvalue weighted by Crippen LogP contribution is -2.44. The van der Waals surface area contributed by atoms with Crippen LogP contribution in [0.25, 0.3) is 0 Å². The molecule has 1 aromatic carbocycles. The van der Waals surface area contributed by atoms with Crippen LogP contribution in [0.4, 0.5) is 10.5 Å². The van der Waals surface area contributed by atoms with Crippen LogP contribution in [0.2, 0.25) is 0 Å². The molecule has 1 saturated carbocycles. The Balaban J connectivity index is 1.47. The molecule has 5 nitrogen and oxygen atoms in total. The van der Waals surface area contributed by atoms with Gasteiger partial charge < -0.3 is 20.1 Å². The van der Waals surface area contributed by atoms with Gasteiger partial charge in [-0.2, -0.15) is 0 Å². The summed E-state index contributed by atoms with van der Waals surface area (Å²) in [5.41, 5.74) is 1.06. The maximum Gasteiger partial charge on any atom is 0.319 e. The number of ether oxygens (including phenoxy) is 2. The van der Waals surface area contributed by atoms with Crippen LogP contribution in [0.5, 0.6) is 5.75 Å². The normalized spacial score (nSPS) is 28.0. The van der Waals surface area contributed by atoms with Crippen LogP contribution in [0.3, 0.4) is 0 Å². The number of rotatable bonds is 5. The topological polar surface area (TPSA) is 62.9 Å². The smallest absolute Gasteiger partial charge is 0.319 e. The zero-order valence-electron chi connectivity index (χ0n) is 14.8. The van der Waals surface area contributed by atoms with Crippen LogP contribution in [0.1, 0.15) is 40.0 Å². The van der Waals surface area contributed by atoms with Crippen molar-refractivity contribution in [2.45, 2.75) is 52.2 Å². The zero-order chi connectivity index (χ0) is 17.2. The van der Waals surface area contributed by atoms with Crippen LogP contribution in [-0.4, -0.2) is 31.4 Å². The van der Waals surface area contributed by atoms with Crippen molar-refractivity contribution in [1.82, 2.24) is 5.32 Å². The Morgan fingerprint density at radius 3 is 2.62 bits per heavy atom. The van der Waals surface area contributed by atoms with Gasteiger partial charge in [-0.05, 0) is 54.9 Å². The van der Waals surface area contributed by atoms with E-state index in [2.05, 4.69) is 31.4 Å². The van der Waals surface area contributed by atoms with Crippen molar-refractivity contribution in [3.05, 3.63) is 24.3 Å². The van der Waals surface area contributed by atoms with Gasteiger partial charge in [0.1, 0.15) is 18.5 Å². The first-order valence-corrected chi connectivity index (χ1v) is 8.82. The molecule has 5 heteroatoms. The Kier molecular flexibility index (Phi) is 4.99. The summed E-state index contributed by atoms with van der Waals surface area (Å²) >= 11 is 0. The molecular weight excluding hydrogens is 304 g/mol. The fraction of sp³-hybridized carbons (Fsp3) is 0.632. The largest absolute Gasteiger partial charge is 0.491 e. The van der Waals surface area contributed by atoms with E-state index in [1.807, 2.05) is 24.3 Å². The van der Waals surface area contributed by atoms with Gasteiger partial charge in [0.25, 0.3) is 0 Å². The number of anilines is 1. The third kappa shape index (κ3) is 5.13. The number of carbonyl (C=O) groups excluding carboxylic acids is 1. The number of nitrogens with one attached hydrogen (secondary N) is 2. The van der Waals surface area contributed by atoms with Gasteiger partial charge in [-0.15, -0.1) is 0 Å². The van der Waals surface area contributed by atoms with Crippen molar-refractivity contribution in [1.29, 1.82) is 0 Å². The molecule has 132 valence electrons. The van der Waals surface area contributed by atoms with Crippen LogP contribution in [0, 0.1) is 11.3 Å². The van der Waals surface area contributed by atoms with Crippen molar-refractivity contribution < 1.29 is 14.3 Å². The van der Waals surface area contributed by atoms with Gasteiger partial charge in [0.15, 0.2) is 0 Å². The van der Waals surface area contributed by atoms with E-state index in [1.54, 1.807) is 0 Å². The predicted molar refractivity (Wildman–Crippen MR) is 94.4 cm³/mol. The van der Waals surface area contributed by atoms with E-state index in [0.717, 1.165) is 30.9 Å². The number of urea groups is 1. The molecule has 3 rings (SSSR count). The Hall–Kier alpha value is -1.75. The summed E-state index contributed by atoms with van der Waals surface area (Å²) in [5.74, 6) is 1.44. The molecule has 1 heterocycles. The summed E-state index contributed by atoms with van der Waals surface area (Å²) in [6.45, 7) is 8.19. The SMILES string of the molecule is CC1CC(NC(=O)Nc2ccc(OCC3CO3)cc2)CC(C)(C)C1. The quantitative estimate of drug-likeness (QED) is 0.806. The van der Waals surface area contributed by atoms with Crippen molar-refractivity contribution in [2.24, 2.45) is 11.3 Å². The minimum Gasteiger partial charge on any atom is -0.491 e. The first kappa shape index (κ1) is 17.1. The molecule has 2 fully saturated rings. The van der Waals surface area contributed by atoms with E-state index in [0.29, 0.717) is 17.9 Å². The maximum atomic E-state index is 12.2. The lowest BCUT2D eigenvalue weighted by atomic mass is 9.71. The number of benzene rings is 1. The van der Waals surface area contributed by atoms with E-state index in [-0.39, 0.29) is 18.2 Å². The molecular formula is C19H28N2O3. The number of hydrogen-bond acceptors (Lipinski definition) is 3. The maximum absolute atomic E-state index is 12.2. The molecule has 3 unspecified atom stereocenters. The highest BCUT2D eigenvalue weighted by Crippen LogP contribution is 2.38. The molecule has 24 heavy (non-hydrogen) atoms. The molecule has 1 aliphatic carbocycles.